The molecule has 0 aliphatic rings. The van der Waals surface area contributed by atoms with Crippen molar-refractivity contribution < 1.29 is 23.4 Å². The van der Waals surface area contributed by atoms with Gasteiger partial charge in [-0.3, -0.25) is 9.36 Å². The van der Waals surface area contributed by atoms with Gasteiger partial charge in [0.2, 0.25) is 5.91 Å². The predicted octanol–water partition coefficient (Wildman–Crippen LogP) is 6.18. The molecule has 0 aliphatic carbocycles. The molecule has 39 heavy (non-hydrogen) atoms. The summed E-state index contributed by atoms with van der Waals surface area (Å²) < 4.78 is 33.2. The number of carbonyl (C=O) groups excluding carboxylic acids is 1. The van der Waals surface area contributed by atoms with E-state index in [1.165, 1.54) is 59.0 Å². The number of amides is 1. The van der Waals surface area contributed by atoms with Crippen LogP contribution in [0.2, 0.25) is 5.02 Å². The molecule has 3 N–H and O–H groups in total. The van der Waals surface area contributed by atoms with Crippen LogP contribution in [0.3, 0.4) is 0 Å². The number of fused-ring (bicyclic) bond motifs is 1. The molecule has 0 saturated carbocycles. The van der Waals surface area contributed by atoms with Gasteiger partial charge >= 0.3 is 0 Å². The van der Waals surface area contributed by atoms with Crippen molar-refractivity contribution in [3.8, 4) is 5.75 Å². The highest BCUT2D eigenvalue weighted by Gasteiger charge is 2.16. The SMILES string of the molecule is CCOc1cc2ncnc(Nc3ccc(F)c(Cl)c3)c2cc1NC(=O)Cn1nc(SCCP(C)(=O)O)sc1=S. The zero-order valence-electron chi connectivity index (χ0n) is 20.7. The second-order valence-corrected chi connectivity index (χ2v) is 14.2. The summed E-state index contributed by atoms with van der Waals surface area (Å²) in [7, 11) is -3.11. The quantitative estimate of drug-likeness (QED) is 0.100. The third-order valence-electron chi connectivity index (χ3n) is 5.11. The highest BCUT2D eigenvalue weighted by atomic mass is 35.5. The highest BCUT2D eigenvalue weighted by Crippen LogP contribution is 2.37. The first-order chi connectivity index (χ1) is 18.5. The van der Waals surface area contributed by atoms with E-state index in [0.717, 1.165) is 0 Å². The maximum Gasteiger partial charge on any atom is 0.246 e. The fraction of sp³-hybridized carbons (Fsp3) is 0.261. The molecule has 0 bridgehead atoms. The molecule has 0 saturated heterocycles. The standard InChI is InChI=1S/C23H23ClFN6O4PS3/c1-3-35-19-10-17-14(21(27-12-26-17)28-13-4-5-16(25)15(24)8-13)9-18(19)29-20(32)11-31-23(37)39-22(30-31)38-7-6-36(2,33)34/h4-5,8-10,12H,3,6-7,11H2,1-2H3,(H,29,32)(H,33,34)(H,26,27,28). The Hall–Kier alpha value is -2.61. The molecule has 0 spiro atoms. The number of hydrogen-bond donors (Lipinski definition) is 3. The number of carbonyl (C=O) groups is 1. The minimum Gasteiger partial charge on any atom is -0.492 e. The Balaban J connectivity index is 1.56. The number of benzene rings is 2. The summed E-state index contributed by atoms with van der Waals surface area (Å²) in [4.78, 5) is 31.0. The van der Waals surface area contributed by atoms with Crippen LogP contribution in [0.5, 0.6) is 5.75 Å². The number of nitrogens with one attached hydrogen (secondary N) is 2. The van der Waals surface area contributed by atoms with E-state index < -0.39 is 19.1 Å². The summed E-state index contributed by atoms with van der Waals surface area (Å²) in [6, 6.07) is 7.59. The molecule has 4 rings (SSSR count). The summed E-state index contributed by atoms with van der Waals surface area (Å²) in [5, 5.41) is 10.9. The van der Waals surface area contributed by atoms with Gasteiger partial charge in [-0.25, -0.2) is 19.0 Å². The molecule has 206 valence electrons. The topological polar surface area (TPSA) is 131 Å². The number of rotatable bonds is 11. The number of nitrogens with zero attached hydrogens (tertiary/aromatic N) is 4. The van der Waals surface area contributed by atoms with Gasteiger partial charge in [0.25, 0.3) is 0 Å². The lowest BCUT2D eigenvalue weighted by Crippen LogP contribution is -2.20. The highest BCUT2D eigenvalue weighted by molar-refractivity contribution is 8.01. The average molecular weight is 629 g/mol. The van der Waals surface area contributed by atoms with Crippen LogP contribution in [0.15, 0.2) is 41.0 Å². The monoisotopic (exact) mass is 628 g/mol. The van der Waals surface area contributed by atoms with Crippen LogP contribution in [0.4, 0.5) is 21.6 Å². The van der Waals surface area contributed by atoms with E-state index in [-0.39, 0.29) is 17.7 Å². The van der Waals surface area contributed by atoms with E-state index in [1.54, 1.807) is 12.1 Å². The first-order valence-corrected chi connectivity index (χ1v) is 16.3. The molecule has 1 atom stereocenters. The Kier molecular flexibility index (Phi) is 9.57. The summed E-state index contributed by atoms with van der Waals surface area (Å²) >= 11 is 13.8. The first-order valence-electron chi connectivity index (χ1n) is 11.5. The van der Waals surface area contributed by atoms with E-state index in [9.17, 15) is 18.6 Å². The van der Waals surface area contributed by atoms with E-state index in [2.05, 4.69) is 25.7 Å². The largest absolute Gasteiger partial charge is 0.492 e. The molecule has 0 radical (unpaired) electrons. The summed E-state index contributed by atoms with van der Waals surface area (Å²) in [5.41, 5.74) is 1.47. The minimum atomic E-state index is -3.11. The van der Waals surface area contributed by atoms with E-state index >= 15 is 0 Å². The van der Waals surface area contributed by atoms with Crippen molar-refractivity contribution in [1.82, 2.24) is 19.7 Å². The Labute approximate surface area is 241 Å². The van der Waals surface area contributed by atoms with Crippen molar-refractivity contribution in [3.63, 3.8) is 0 Å². The summed E-state index contributed by atoms with van der Waals surface area (Å²) in [5.74, 6) is 0.321. The molecule has 16 heteroatoms. The number of hydrogen-bond acceptors (Lipinski definition) is 10. The van der Waals surface area contributed by atoms with Crippen LogP contribution < -0.4 is 15.4 Å². The lowest BCUT2D eigenvalue weighted by Gasteiger charge is -2.15. The second-order valence-electron chi connectivity index (χ2n) is 8.24. The van der Waals surface area contributed by atoms with E-state index in [4.69, 9.17) is 28.6 Å². The van der Waals surface area contributed by atoms with Crippen molar-refractivity contribution in [1.29, 1.82) is 0 Å². The minimum absolute atomic E-state index is 0.0362. The van der Waals surface area contributed by atoms with Gasteiger partial charge in [-0.1, -0.05) is 34.7 Å². The van der Waals surface area contributed by atoms with Gasteiger partial charge in [0.05, 0.1) is 22.8 Å². The fourth-order valence-corrected chi connectivity index (χ4v) is 7.29. The van der Waals surface area contributed by atoms with Gasteiger partial charge in [-0.15, -0.1) is 0 Å². The number of halogens is 2. The third kappa shape index (κ3) is 7.96. The maximum absolute atomic E-state index is 13.6. The van der Waals surface area contributed by atoms with Crippen LogP contribution in [0.1, 0.15) is 6.92 Å². The zero-order chi connectivity index (χ0) is 28.2. The Bertz CT molecular complexity index is 1630. The molecule has 2 aromatic carbocycles. The first kappa shape index (κ1) is 29.4. The third-order valence-corrected chi connectivity index (χ3v) is 9.19. The number of ether oxygens (including phenoxy) is 1. The average Bonchev–Trinajstić information content (AvgIpc) is 3.20. The molecule has 4 aromatic rings. The lowest BCUT2D eigenvalue weighted by atomic mass is 10.1. The Morgan fingerprint density at radius 1 is 1.33 bits per heavy atom. The molecule has 2 heterocycles. The number of aromatic nitrogens is 4. The summed E-state index contributed by atoms with van der Waals surface area (Å²) in [6.45, 7) is 3.35. The normalized spacial score (nSPS) is 12.7. The molecule has 0 aliphatic heterocycles. The van der Waals surface area contributed by atoms with E-state index in [1.807, 2.05) is 6.92 Å². The van der Waals surface area contributed by atoms with Crippen LogP contribution in [-0.4, -0.2) is 55.7 Å². The molecule has 0 fully saturated rings. The fourth-order valence-electron chi connectivity index (χ4n) is 3.34. The number of thioether (sulfide) groups is 1. The maximum atomic E-state index is 13.6. The molecule has 1 unspecified atom stereocenters. The number of anilines is 3. The van der Waals surface area contributed by atoms with Gasteiger partial charge in [-0.2, -0.15) is 5.10 Å². The molecular weight excluding hydrogens is 606 g/mol. The van der Waals surface area contributed by atoms with Crippen LogP contribution in [0.25, 0.3) is 10.9 Å². The van der Waals surface area contributed by atoms with Crippen LogP contribution >= 0.6 is 54.3 Å². The smallest absolute Gasteiger partial charge is 0.246 e. The van der Waals surface area contributed by atoms with Crippen molar-refractivity contribution in [2.75, 3.05) is 35.8 Å². The lowest BCUT2D eigenvalue weighted by molar-refractivity contribution is -0.117. The van der Waals surface area contributed by atoms with Gasteiger partial charge in [-0.05, 0) is 43.4 Å². The molecule has 10 nitrogen and oxygen atoms in total. The molecule has 2 aromatic heterocycles. The van der Waals surface area contributed by atoms with Crippen molar-refractivity contribution in [2.45, 2.75) is 17.8 Å². The van der Waals surface area contributed by atoms with Crippen molar-refractivity contribution in [3.05, 3.63) is 51.5 Å². The predicted molar refractivity (Wildman–Crippen MR) is 156 cm³/mol. The van der Waals surface area contributed by atoms with Gasteiger partial charge in [0, 0.05) is 35.7 Å². The van der Waals surface area contributed by atoms with Gasteiger partial charge < -0.3 is 20.3 Å². The summed E-state index contributed by atoms with van der Waals surface area (Å²) in [6.07, 6.45) is 1.53. The van der Waals surface area contributed by atoms with Crippen LogP contribution in [0, 0.1) is 9.77 Å². The molecule has 1 amide bonds. The van der Waals surface area contributed by atoms with Crippen molar-refractivity contribution >= 4 is 88.3 Å². The van der Waals surface area contributed by atoms with Gasteiger partial charge in [0.15, 0.2) is 15.7 Å². The molecular formula is C23H23ClFN6O4PS3. The van der Waals surface area contributed by atoms with Crippen molar-refractivity contribution in [2.24, 2.45) is 0 Å². The zero-order valence-corrected chi connectivity index (χ0v) is 24.8. The Morgan fingerprint density at radius 3 is 2.85 bits per heavy atom. The van der Waals surface area contributed by atoms with Crippen LogP contribution in [-0.2, 0) is 15.9 Å². The second kappa shape index (κ2) is 12.7. The van der Waals surface area contributed by atoms with E-state index in [0.29, 0.717) is 54.5 Å². The van der Waals surface area contributed by atoms with Gasteiger partial charge in [0.1, 0.15) is 30.3 Å². The Morgan fingerprint density at radius 2 is 2.13 bits per heavy atom.